The number of nitrogens with zero attached hydrogens (tertiary/aromatic N) is 2. The third-order valence-corrected chi connectivity index (χ3v) is 4.69. The largest absolute Gasteiger partial charge is 0.328 e. The normalized spacial score (nSPS) is 10.9. The number of aromatic nitrogens is 2. The molecule has 0 unspecified atom stereocenters. The van der Waals surface area contributed by atoms with Crippen molar-refractivity contribution >= 4 is 23.4 Å². The van der Waals surface area contributed by atoms with Crippen molar-refractivity contribution in [3.8, 4) is 0 Å². The van der Waals surface area contributed by atoms with Gasteiger partial charge in [0.25, 0.3) is 0 Å². The highest BCUT2D eigenvalue weighted by molar-refractivity contribution is 5.85. The fraction of sp³-hybridized carbons (Fsp3) is 0.667. The van der Waals surface area contributed by atoms with Crippen molar-refractivity contribution in [2.24, 2.45) is 0 Å². The van der Waals surface area contributed by atoms with E-state index in [1.54, 1.807) is 0 Å². The SMILES string of the molecule is CCCCCCCCCCCn1c(CCC)nc2ccccc21.Cl. The molecule has 0 aliphatic rings. The van der Waals surface area contributed by atoms with E-state index in [0.29, 0.717) is 0 Å². The maximum absolute atomic E-state index is 4.82. The summed E-state index contributed by atoms with van der Waals surface area (Å²) in [5.74, 6) is 1.27. The van der Waals surface area contributed by atoms with Gasteiger partial charge < -0.3 is 4.57 Å². The number of unbranched alkanes of at least 4 members (excludes halogenated alkanes) is 8. The molecule has 0 spiro atoms. The van der Waals surface area contributed by atoms with E-state index in [1.807, 2.05) is 0 Å². The molecule has 1 aromatic heterocycles. The van der Waals surface area contributed by atoms with Crippen LogP contribution in [0.5, 0.6) is 0 Å². The standard InChI is InChI=1S/C21H34N2.ClH/c1-3-5-6-7-8-9-10-11-14-18-23-20-17-13-12-16-19(20)22-21(23)15-4-2;/h12-13,16-17H,3-11,14-15,18H2,1-2H3;1H. The summed E-state index contributed by atoms with van der Waals surface area (Å²) in [6, 6.07) is 8.58. The van der Waals surface area contributed by atoms with Gasteiger partial charge in [0, 0.05) is 13.0 Å². The first-order valence-electron chi connectivity index (χ1n) is 9.81. The van der Waals surface area contributed by atoms with Gasteiger partial charge in [0.2, 0.25) is 0 Å². The summed E-state index contributed by atoms with van der Waals surface area (Å²) in [7, 11) is 0. The van der Waals surface area contributed by atoms with E-state index in [1.165, 1.54) is 75.5 Å². The number of fused-ring (bicyclic) bond motifs is 1. The summed E-state index contributed by atoms with van der Waals surface area (Å²) in [4.78, 5) is 4.82. The predicted molar refractivity (Wildman–Crippen MR) is 108 cm³/mol. The Hall–Kier alpha value is -1.02. The molecule has 0 atom stereocenters. The first-order chi connectivity index (χ1) is 11.4. The molecule has 3 heteroatoms. The van der Waals surface area contributed by atoms with Gasteiger partial charge in [-0.25, -0.2) is 4.98 Å². The first kappa shape index (κ1) is 21.0. The van der Waals surface area contributed by atoms with E-state index in [2.05, 4.69) is 42.7 Å². The number of aryl methyl sites for hydroxylation is 2. The van der Waals surface area contributed by atoms with Crippen molar-refractivity contribution in [1.29, 1.82) is 0 Å². The monoisotopic (exact) mass is 350 g/mol. The average molecular weight is 351 g/mol. The molecule has 0 radical (unpaired) electrons. The van der Waals surface area contributed by atoms with Crippen molar-refractivity contribution in [3.05, 3.63) is 30.1 Å². The molecule has 2 nitrogen and oxygen atoms in total. The van der Waals surface area contributed by atoms with Crippen LogP contribution in [0.15, 0.2) is 24.3 Å². The molecule has 1 aromatic carbocycles. The second-order valence-corrected chi connectivity index (χ2v) is 6.75. The van der Waals surface area contributed by atoms with E-state index in [4.69, 9.17) is 4.98 Å². The van der Waals surface area contributed by atoms with Crippen LogP contribution in [-0.4, -0.2) is 9.55 Å². The highest BCUT2D eigenvalue weighted by atomic mass is 35.5. The number of rotatable bonds is 12. The van der Waals surface area contributed by atoms with Crippen molar-refractivity contribution < 1.29 is 0 Å². The minimum atomic E-state index is 0. The van der Waals surface area contributed by atoms with Crippen LogP contribution in [0.2, 0.25) is 0 Å². The van der Waals surface area contributed by atoms with Crippen molar-refractivity contribution in [2.75, 3.05) is 0 Å². The van der Waals surface area contributed by atoms with Crippen LogP contribution >= 0.6 is 12.4 Å². The van der Waals surface area contributed by atoms with Gasteiger partial charge >= 0.3 is 0 Å². The van der Waals surface area contributed by atoms with Crippen LogP contribution in [0.4, 0.5) is 0 Å². The van der Waals surface area contributed by atoms with Crippen LogP contribution < -0.4 is 0 Å². The van der Waals surface area contributed by atoms with Gasteiger partial charge in [-0.15, -0.1) is 12.4 Å². The smallest absolute Gasteiger partial charge is 0.109 e. The second-order valence-electron chi connectivity index (χ2n) is 6.75. The molecule has 136 valence electrons. The zero-order chi connectivity index (χ0) is 16.3. The maximum Gasteiger partial charge on any atom is 0.109 e. The second kappa shape index (κ2) is 12.4. The van der Waals surface area contributed by atoms with Crippen LogP contribution in [-0.2, 0) is 13.0 Å². The van der Waals surface area contributed by atoms with Crippen LogP contribution in [0.3, 0.4) is 0 Å². The summed E-state index contributed by atoms with van der Waals surface area (Å²) in [5, 5.41) is 0. The molecule has 2 aromatic rings. The Bertz CT molecular complexity index is 562. The van der Waals surface area contributed by atoms with Crippen molar-refractivity contribution in [2.45, 2.75) is 91.0 Å². The Labute approximate surface area is 154 Å². The molecular weight excluding hydrogens is 316 g/mol. The van der Waals surface area contributed by atoms with Gasteiger partial charge in [0.15, 0.2) is 0 Å². The number of para-hydroxylation sites is 2. The quantitative estimate of drug-likeness (QED) is 0.379. The van der Waals surface area contributed by atoms with Gasteiger partial charge in [-0.05, 0) is 25.0 Å². The van der Waals surface area contributed by atoms with Gasteiger partial charge in [0.05, 0.1) is 11.0 Å². The third kappa shape index (κ3) is 6.47. The van der Waals surface area contributed by atoms with Crippen molar-refractivity contribution in [3.63, 3.8) is 0 Å². The zero-order valence-electron chi connectivity index (χ0n) is 15.6. The van der Waals surface area contributed by atoms with Crippen LogP contribution in [0.25, 0.3) is 11.0 Å². The number of hydrogen-bond acceptors (Lipinski definition) is 1. The lowest BCUT2D eigenvalue weighted by molar-refractivity contribution is 0.535. The van der Waals surface area contributed by atoms with Crippen LogP contribution in [0, 0.1) is 0 Å². The molecule has 0 amide bonds. The summed E-state index contributed by atoms with van der Waals surface area (Å²) in [6.45, 7) is 5.65. The van der Waals surface area contributed by atoms with Gasteiger partial charge in [0.1, 0.15) is 5.82 Å². The van der Waals surface area contributed by atoms with Crippen molar-refractivity contribution in [1.82, 2.24) is 9.55 Å². The fourth-order valence-corrected chi connectivity index (χ4v) is 3.37. The zero-order valence-corrected chi connectivity index (χ0v) is 16.4. The molecule has 0 saturated heterocycles. The van der Waals surface area contributed by atoms with E-state index < -0.39 is 0 Å². The molecule has 0 fully saturated rings. The highest BCUT2D eigenvalue weighted by Gasteiger charge is 2.08. The first-order valence-corrected chi connectivity index (χ1v) is 9.81. The molecule has 0 N–H and O–H groups in total. The Morgan fingerprint density at radius 1 is 0.792 bits per heavy atom. The predicted octanol–water partition coefficient (Wildman–Crippen LogP) is 6.94. The topological polar surface area (TPSA) is 17.8 Å². The Balaban J connectivity index is 0.00000288. The minimum Gasteiger partial charge on any atom is -0.328 e. The minimum absolute atomic E-state index is 0. The maximum atomic E-state index is 4.82. The third-order valence-electron chi connectivity index (χ3n) is 4.69. The van der Waals surface area contributed by atoms with E-state index >= 15 is 0 Å². The molecule has 0 aliphatic heterocycles. The van der Waals surface area contributed by atoms with E-state index in [9.17, 15) is 0 Å². The molecular formula is C21H35ClN2. The highest BCUT2D eigenvalue weighted by Crippen LogP contribution is 2.18. The molecule has 1 heterocycles. The molecule has 0 bridgehead atoms. The van der Waals surface area contributed by atoms with E-state index in [0.717, 1.165) is 18.5 Å². The summed E-state index contributed by atoms with van der Waals surface area (Å²) in [5.41, 5.74) is 2.47. The number of hydrogen-bond donors (Lipinski definition) is 0. The summed E-state index contributed by atoms with van der Waals surface area (Å²) in [6.07, 6.45) is 14.7. The van der Waals surface area contributed by atoms with E-state index in [-0.39, 0.29) is 12.4 Å². The Kier molecular flexibility index (Phi) is 10.8. The molecule has 2 rings (SSSR count). The summed E-state index contributed by atoms with van der Waals surface area (Å²) >= 11 is 0. The Morgan fingerprint density at radius 3 is 2.08 bits per heavy atom. The number of benzene rings is 1. The lowest BCUT2D eigenvalue weighted by Gasteiger charge is -2.09. The number of halogens is 1. The lowest BCUT2D eigenvalue weighted by Crippen LogP contribution is -2.04. The molecule has 0 aliphatic carbocycles. The number of imidazole rings is 1. The van der Waals surface area contributed by atoms with Gasteiger partial charge in [-0.2, -0.15) is 0 Å². The fourth-order valence-electron chi connectivity index (χ4n) is 3.37. The van der Waals surface area contributed by atoms with Gasteiger partial charge in [-0.3, -0.25) is 0 Å². The Morgan fingerprint density at radius 2 is 1.42 bits per heavy atom. The average Bonchev–Trinajstić information content (AvgIpc) is 2.91. The van der Waals surface area contributed by atoms with Crippen LogP contribution in [0.1, 0.15) is 83.9 Å². The molecule has 0 saturated carbocycles. The molecule has 24 heavy (non-hydrogen) atoms. The summed E-state index contributed by atoms with van der Waals surface area (Å²) < 4.78 is 2.46. The lowest BCUT2D eigenvalue weighted by atomic mass is 10.1. The van der Waals surface area contributed by atoms with Gasteiger partial charge in [-0.1, -0.05) is 77.3 Å².